The molecule has 3 nitrogen and oxygen atoms in total. The fraction of sp³-hybridized carbons (Fsp3) is 0. The summed E-state index contributed by atoms with van der Waals surface area (Å²) in [7, 11) is -2.66. The third-order valence-electron chi connectivity index (χ3n) is 9.43. The maximum atomic E-state index is 10.5. The summed E-state index contributed by atoms with van der Waals surface area (Å²) in [5.74, 6) is 0. The summed E-state index contributed by atoms with van der Waals surface area (Å²) in [5.41, 5.74) is 5.26. The van der Waals surface area contributed by atoms with Gasteiger partial charge in [-0.05, 0) is 56.1 Å². The number of hydrogen-bond donors (Lipinski definition) is 0. The summed E-state index contributed by atoms with van der Waals surface area (Å²) in [6.45, 7) is 0. The highest BCUT2D eigenvalue weighted by atomic mass is 28.3. The Morgan fingerprint density at radius 3 is 1.19 bits per heavy atom. The summed E-state index contributed by atoms with van der Waals surface area (Å²) < 4.78 is 2.06. The lowest BCUT2D eigenvalue weighted by atomic mass is 9.98. The topological polar surface area (TPSA) is 52.5 Å². The van der Waals surface area contributed by atoms with Crippen LogP contribution in [0, 0.1) is 22.7 Å². The highest BCUT2D eigenvalue weighted by Crippen LogP contribution is 2.36. The predicted molar refractivity (Wildman–Crippen MR) is 199 cm³/mol. The number of aromatic nitrogens is 1. The van der Waals surface area contributed by atoms with Gasteiger partial charge in [-0.1, -0.05) is 152 Å². The van der Waals surface area contributed by atoms with Crippen molar-refractivity contribution in [3.63, 3.8) is 0 Å². The molecule has 224 valence electrons. The van der Waals surface area contributed by atoms with Crippen molar-refractivity contribution in [1.29, 1.82) is 10.5 Å². The van der Waals surface area contributed by atoms with Crippen LogP contribution in [0.1, 0.15) is 11.1 Å². The summed E-state index contributed by atoms with van der Waals surface area (Å²) in [6, 6.07) is 66.3. The Kier molecular flexibility index (Phi) is 7.27. The molecule has 4 heteroatoms. The maximum absolute atomic E-state index is 10.5. The van der Waals surface area contributed by atoms with Crippen LogP contribution < -0.4 is 20.7 Å². The zero-order valence-electron chi connectivity index (χ0n) is 26.1. The summed E-state index contributed by atoms with van der Waals surface area (Å²) >= 11 is 0. The van der Waals surface area contributed by atoms with E-state index >= 15 is 0 Å². The van der Waals surface area contributed by atoms with Gasteiger partial charge in [-0.3, -0.25) is 0 Å². The molecule has 1 heterocycles. The van der Waals surface area contributed by atoms with Crippen molar-refractivity contribution in [3.05, 3.63) is 187 Å². The smallest absolute Gasteiger partial charge is 0.179 e. The van der Waals surface area contributed by atoms with E-state index in [9.17, 15) is 10.5 Å². The lowest BCUT2D eigenvalue weighted by molar-refractivity contribution is 1.16. The normalized spacial score (nSPS) is 11.3. The SMILES string of the molecule is N#Cc1cc(-c2ccc([Si](c3ccccc3)(c3ccccc3)c3ccccc3)cc2)cc(C#N)c1-n1c2ccccc2c2ccccc21. The molecule has 0 unspecified atom stereocenters. The molecule has 48 heavy (non-hydrogen) atoms. The molecule has 0 saturated carbocycles. The number of fused-ring (bicyclic) bond motifs is 3. The van der Waals surface area contributed by atoms with E-state index in [-0.39, 0.29) is 0 Å². The summed E-state index contributed by atoms with van der Waals surface area (Å²) in [5, 5.41) is 28.4. The molecule has 0 amide bonds. The van der Waals surface area contributed by atoms with E-state index in [0.29, 0.717) is 16.8 Å². The first-order chi connectivity index (χ1) is 23.7. The van der Waals surface area contributed by atoms with Crippen LogP contribution in [0.3, 0.4) is 0 Å². The fourth-order valence-corrected chi connectivity index (χ4v) is 12.1. The van der Waals surface area contributed by atoms with Crippen molar-refractivity contribution in [2.45, 2.75) is 0 Å². The number of rotatable bonds is 6. The van der Waals surface area contributed by atoms with E-state index in [1.54, 1.807) is 0 Å². The first-order valence-electron chi connectivity index (χ1n) is 16.0. The molecule has 0 fully saturated rings. The van der Waals surface area contributed by atoms with Gasteiger partial charge in [-0.25, -0.2) is 0 Å². The monoisotopic (exact) mass is 627 g/mol. The standard InChI is InChI=1S/C44H29N3Si/c45-30-34-28-33(29-35(31-46)44(34)47-42-22-12-10-20-40(42)41-21-11-13-23-43(41)47)32-24-26-39(27-25-32)48(36-14-4-1-5-15-36,37-16-6-2-7-17-37)38-18-8-3-9-19-38/h1-29H. The number of nitriles is 2. The third-order valence-corrected chi connectivity index (χ3v) is 14.2. The minimum Gasteiger partial charge on any atom is -0.307 e. The second kappa shape index (κ2) is 12.0. The van der Waals surface area contributed by atoms with E-state index in [1.165, 1.54) is 20.7 Å². The van der Waals surface area contributed by atoms with Gasteiger partial charge in [-0.15, -0.1) is 0 Å². The fourth-order valence-electron chi connectivity index (χ4n) is 7.35. The highest BCUT2D eigenvalue weighted by Gasteiger charge is 2.41. The molecule has 0 aliphatic heterocycles. The molecular formula is C44H29N3Si. The summed E-state index contributed by atoms with van der Waals surface area (Å²) in [6.07, 6.45) is 0. The van der Waals surface area contributed by atoms with Crippen LogP contribution in [0.5, 0.6) is 0 Å². The molecule has 0 radical (unpaired) electrons. The van der Waals surface area contributed by atoms with E-state index in [4.69, 9.17) is 0 Å². The Labute approximate surface area is 280 Å². The molecule has 1 aromatic heterocycles. The van der Waals surface area contributed by atoms with Crippen LogP contribution >= 0.6 is 0 Å². The summed E-state index contributed by atoms with van der Waals surface area (Å²) in [4.78, 5) is 0. The van der Waals surface area contributed by atoms with Gasteiger partial charge < -0.3 is 4.57 Å². The maximum Gasteiger partial charge on any atom is 0.179 e. The number of hydrogen-bond acceptors (Lipinski definition) is 2. The molecule has 0 N–H and O–H groups in total. The van der Waals surface area contributed by atoms with Crippen LogP contribution in [0.15, 0.2) is 176 Å². The minimum absolute atomic E-state index is 0.459. The zero-order valence-corrected chi connectivity index (χ0v) is 27.1. The molecule has 0 spiro atoms. The zero-order chi connectivity index (χ0) is 32.5. The second-order valence-electron chi connectivity index (χ2n) is 11.9. The van der Waals surface area contributed by atoms with Crippen molar-refractivity contribution >= 4 is 50.6 Å². The average Bonchev–Trinajstić information content (AvgIpc) is 3.50. The molecule has 8 rings (SSSR count). The van der Waals surface area contributed by atoms with Crippen LogP contribution in [0.2, 0.25) is 0 Å². The second-order valence-corrected chi connectivity index (χ2v) is 15.7. The molecule has 0 saturated heterocycles. The van der Waals surface area contributed by atoms with Gasteiger partial charge in [0, 0.05) is 10.8 Å². The van der Waals surface area contributed by atoms with E-state index < -0.39 is 8.07 Å². The molecule has 0 aliphatic rings. The van der Waals surface area contributed by atoms with Crippen molar-refractivity contribution in [2.24, 2.45) is 0 Å². The van der Waals surface area contributed by atoms with E-state index in [2.05, 4.69) is 144 Å². The van der Waals surface area contributed by atoms with Gasteiger partial charge in [0.2, 0.25) is 0 Å². The molecule has 0 aliphatic carbocycles. The Balaban J connectivity index is 1.31. The first-order valence-corrected chi connectivity index (χ1v) is 18.0. The average molecular weight is 628 g/mol. The highest BCUT2D eigenvalue weighted by molar-refractivity contribution is 7.19. The Bertz CT molecular complexity index is 2320. The van der Waals surface area contributed by atoms with Gasteiger partial charge in [-0.2, -0.15) is 10.5 Å². The van der Waals surface area contributed by atoms with Crippen molar-refractivity contribution < 1.29 is 0 Å². The van der Waals surface area contributed by atoms with Crippen molar-refractivity contribution in [3.8, 4) is 29.0 Å². The Morgan fingerprint density at radius 2 is 0.771 bits per heavy atom. The quantitative estimate of drug-likeness (QED) is 0.141. The Morgan fingerprint density at radius 1 is 0.396 bits per heavy atom. The van der Waals surface area contributed by atoms with E-state index in [0.717, 1.165) is 32.9 Å². The predicted octanol–water partition coefficient (Wildman–Crippen LogP) is 7.57. The van der Waals surface area contributed by atoms with Gasteiger partial charge in [0.05, 0.1) is 27.8 Å². The number of nitrogens with zero attached hydrogens (tertiary/aromatic N) is 3. The molecular weight excluding hydrogens is 599 g/mol. The lowest BCUT2D eigenvalue weighted by Crippen LogP contribution is -2.74. The molecule has 8 aromatic rings. The van der Waals surface area contributed by atoms with Crippen molar-refractivity contribution in [1.82, 2.24) is 4.57 Å². The van der Waals surface area contributed by atoms with Crippen molar-refractivity contribution in [2.75, 3.05) is 0 Å². The van der Waals surface area contributed by atoms with Gasteiger partial charge in [0.1, 0.15) is 12.1 Å². The largest absolute Gasteiger partial charge is 0.307 e. The third kappa shape index (κ3) is 4.55. The Hall–Kier alpha value is -6.46. The lowest BCUT2D eigenvalue weighted by Gasteiger charge is -2.34. The molecule has 0 atom stereocenters. The van der Waals surface area contributed by atoms with Crippen LogP contribution in [0.25, 0.3) is 38.6 Å². The molecule has 0 bridgehead atoms. The minimum atomic E-state index is -2.66. The van der Waals surface area contributed by atoms with Gasteiger partial charge >= 0.3 is 0 Å². The van der Waals surface area contributed by atoms with Crippen LogP contribution in [-0.4, -0.2) is 12.6 Å². The van der Waals surface area contributed by atoms with Crippen LogP contribution in [-0.2, 0) is 0 Å². The van der Waals surface area contributed by atoms with Gasteiger partial charge in [0.25, 0.3) is 0 Å². The number of para-hydroxylation sites is 2. The van der Waals surface area contributed by atoms with Crippen LogP contribution in [0.4, 0.5) is 0 Å². The van der Waals surface area contributed by atoms with E-state index in [1.807, 2.05) is 48.5 Å². The first kappa shape index (κ1) is 29.0. The number of benzene rings is 7. The van der Waals surface area contributed by atoms with Gasteiger partial charge in [0.15, 0.2) is 8.07 Å². The molecule has 7 aromatic carbocycles.